The maximum Gasteiger partial charge on any atom is 0.339 e. The van der Waals surface area contributed by atoms with E-state index in [9.17, 15) is 20.0 Å². The number of aromatic nitrogens is 1. The first-order valence-electron chi connectivity index (χ1n) is 8.32. The first kappa shape index (κ1) is 18.8. The zero-order valence-electron chi connectivity index (χ0n) is 15.2. The fraction of sp³-hybridized carbons (Fsp3) is 0.100. The number of nitro benzene ring substituents is 1. The average molecular weight is 379 g/mol. The van der Waals surface area contributed by atoms with Gasteiger partial charge >= 0.3 is 5.97 Å². The maximum atomic E-state index is 11.1. The number of phenols is 1. The number of nitrogens with zero attached hydrogens (tertiary/aromatic N) is 3. The summed E-state index contributed by atoms with van der Waals surface area (Å²) in [5, 5.41) is 29.7. The molecule has 0 radical (unpaired) electrons. The molecule has 8 nitrogen and oxygen atoms in total. The third kappa shape index (κ3) is 3.61. The Morgan fingerprint density at radius 1 is 1.18 bits per heavy atom. The summed E-state index contributed by atoms with van der Waals surface area (Å²) in [7, 11) is 0. The molecule has 0 unspecified atom stereocenters. The zero-order chi connectivity index (χ0) is 20.4. The molecule has 142 valence electrons. The van der Waals surface area contributed by atoms with Gasteiger partial charge in [0.25, 0.3) is 5.69 Å². The Balaban J connectivity index is 1.98. The van der Waals surface area contributed by atoms with Crippen LogP contribution in [0.25, 0.3) is 5.69 Å². The zero-order valence-corrected chi connectivity index (χ0v) is 15.2. The molecular formula is C20H17N3O5. The number of carboxylic acids is 1. The van der Waals surface area contributed by atoms with E-state index in [2.05, 4.69) is 4.99 Å². The number of nitro groups is 1. The molecule has 3 rings (SSSR count). The Morgan fingerprint density at radius 2 is 1.93 bits per heavy atom. The number of hydrogen-bond donors (Lipinski definition) is 2. The van der Waals surface area contributed by atoms with Gasteiger partial charge in [0.2, 0.25) is 0 Å². The highest BCUT2D eigenvalue weighted by molar-refractivity contribution is 5.92. The molecule has 2 N–H and O–H groups in total. The molecule has 0 aliphatic rings. The highest BCUT2D eigenvalue weighted by Gasteiger charge is 2.13. The van der Waals surface area contributed by atoms with Gasteiger partial charge in [-0.1, -0.05) is 6.07 Å². The summed E-state index contributed by atoms with van der Waals surface area (Å²) in [6.07, 6.45) is 1.59. The number of non-ortho nitro benzene ring substituents is 1. The molecule has 0 fully saturated rings. The molecule has 3 aromatic rings. The summed E-state index contributed by atoms with van der Waals surface area (Å²) < 4.78 is 1.88. The van der Waals surface area contributed by atoms with Crippen LogP contribution in [0.4, 0.5) is 11.4 Å². The number of carboxylic acid groups (broad SMARTS) is 1. The van der Waals surface area contributed by atoms with Crippen molar-refractivity contribution in [2.75, 3.05) is 0 Å². The summed E-state index contributed by atoms with van der Waals surface area (Å²) in [6, 6.07) is 12.3. The Labute approximate surface area is 160 Å². The second-order valence-corrected chi connectivity index (χ2v) is 6.20. The van der Waals surface area contributed by atoms with Crippen LogP contribution in [0, 0.1) is 24.0 Å². The van der Waals surface area contributed by atoms with Crippen LogP contribution < -0.4 is 0 Å². The lowest BCUT2D eigenvalue weighted by atomic mass is 10.2. The van der Waals surface area contributed by atoms with Crippen molar-refractivity contribution in [1.82, 2.24) is 4.57 Å². The van der Waals surface area contributed by atoms with E-state index in [4.69, 9.17) is 5.11 Å². The van der Waals surface area contributed by atoms with Crippen LogP contribution in [-0.2, 0) is 0 Å². The van der Waals surface area contributed by atoms with Crippen molar-refractivity contribution >= 4 is 23.6 Å². The van der Waals surface area contributed by atoms with E-state index in [1.807, 2.05) is 24.5 Å². The van der Waals surface area contributed by atoms with Crippen LogP contribution in [0.2, 0.25) is 0 Å². The predicted octanol–water partition coefficient (Wildman–Crippen LogP) is 4.16. The molecule has 1 aromatic heterocycles. The normalized spacial score (nSPS) is 11.1. The van der Waals surface area contributed by atoms with Crippen molar-refractivity contribution < 1.29 is 19.9 Å². The second kappa shape index (κ2) is 7.36. The minimum atomic E-state index is -1.24. The van der Waals surface area contributed by atoms with E-state index in [-0.39, 0.29) is 17.0 Å². The van der Waals surface area contributed by atoms with Crippen LogP contribution in [0.15, 0.2) is 53.5 Å². The third-order valence-electron chi connectivity index (χ3n) is 4.33. The number of carbonyl (C=O) groups is 1. The van der Waals surface area contributed by atoms with E-state index in [1.165, 1.54) is 30.3 Å². The standard InChI is InChI=1S/C20H17N3O5/c1-12-8-14(11-21-15-6-7-19(24)18(9-15)20(25)26)13(2)22(12)16-4-3-5-17(10-16)23(27)28/h3-11,24H,1-2H3,(H,25,26). The number of benzene rings is 2. The minimum absolute atomic E-state index is 0.00510. The van der Waals surface area contributed by atoms with Gasteiger partial charge in [0, 0.05) is 35.3 Å². The number of aryl methyl sites for hydroxylation is 1. The van der Waals surface area contributed by atoms with Crippen molar-refractivity contribution in [2.45, 2.75) is 13.8 Å². The summed E-state index contributed by atoms with van der Waals surface area (Å²) in [6.45, 7) is 3.75. The number of hydrogen-bond acceptors (Lipinski definition) is 5. The lowest BCUT2D eigenvalue weighted by Crippen LogP contribution is -2.00. The Bertz CT molecular complexity index is 1120. The van der Waals surface area contributed by atoms with Gasteiger partial charge in [-0.15, -0.1) is 0 Å². The van der Waals surface area contributed by atoms with Gasteiger partial charge in [-0.2, -0.15) is 0 Å². The quantitative estimate of drug-likeness (QED) is 0.392. The molecule has 0 saturated carbocycles. The number of rotatable bonds is 5. The van der Waals surface area contributed by atoms with Gasteiger partial charge in [-0.25, -0.2) is 4.79 Å². The highest BCUT2D eigenvalue weighted by atomic mass is 16.6. The number of aromatic carboxylic acids is 1. The summed E-state index contributed by atoms with van der Waals surface area (Å²) in [5.41, 5.74) is 3.32. The predicted molar refractivity (Wildman–Crippen MR) is 104 cm³/mol. The highest BCUT2D eigenvalue weighted by Crippen LogP contribution is 2.25. The van der Waals surface area contributed by atoms with Gasteiger partial charge in [-0.3, -0.25) is 15.1 Å². The molecule has 0 aliphatic heterocycles. The fourth-order valence-electron chi connectivity index (χ4n) is 2.98. The van der Waals surface area contributed by atoms with Crippen LogP contribution >= 0.6 is 0 Å². The first-order chi connectivity index (χ1) is 13.3. The molecule has 0 saturated heterocycles. The summed E-state index contributed by atoms with van der Waals surface area (Å²) in [5.74, 6) is -1.56. The van der Waals surface area contributed by atoms with E-state index in [1.54, 1.807) is 18.3 Å². The first-order valence-corrected chi connectivity index (χ1v) is 8.32. The van der Waals surface area contributed by atoms with Gasteiger partial charge in [-0.05, 0) is 44.2 Å². The molecule has 8 heteroatoms. The monoisotopic (exact) mass is 379 g/mol. The van der Waals surface area contributed by atoms with Crippen LogP contribution in [0.5, 0.6) is 5.75 Å². The van der Waals surface area contributed by atoms with Crippen molar-refractivity contribution in [2.24, 2.45) is 4.99 Å². The summed E-state index contributed by atoms with van der Waals surface area (Å²) >= 11 is 0. The SMILES string of the molecule is Cc1cc(C=Nc2ccc(O)c(C(=O)O)c2)c(C)n1-c1cccc([N+](=O)[O-])c1. The number of aromatic hydroxyl groups is 1. The minimum Gasteiger partial charge on any atom is -0.507 e. The number of aliphatic imine (C=N–C) groups is 1. The van der Waals surface area contributed by atoms with E-state index >= 15 is 0 Å². The molecule has 1 heterocycles. The lowest BCUT2D eigenvalue weighted by Gasteiger charge is -2.09. The van der Waals surface area contributed by atoms with Crippen LogP contribution in [-0.4, -0.2) is 31.9 Å². The van der Waals surface area contributed by atoms with Crippen molar-refractivity contribution in [3.8, 4) is 11.4 Å². The molecule has 28 heavy (non-hydrogen) atoms. The Morgan fingerprint density at radius 3 is 2.61 bits per heavy atom. The van der Waals surface area contributed by atoms with Crippen LogP contribution in [0.1, 0.15) is 27.3 Å². The van der Waals surface area contributed by atoms with E-state index < -0.39 is 10.9 Å². The van der Waals surface area contributed by atoms with E-state index in [0.29, 0.717) is 11.4 Å². The topological polar surface area (TPSA) is 118 Å². The third-order valence-corrected chi connectivity index (χ3v) is 4.33. The van der Waals surface area contributed by atoms with E-state index in [0.717, 1.165) is 17.0 Å². The molecule has 0 amide bonds. The molecule has 0 atom stereocenters. The van der Waals surface area contributed by atoms with Gasteiger partial charge in [0.05, 0.1) is 16.3 Å². The largest absolute Gasteiger partial charge is 0.507 e. The van der Waals surface area contributed by atoms with Gasteiger partial charge in [0.1, 0.15) is 11.3 Å². The van der Waals surface area contributed by atoms with Crippen molar-refractivity contribution in [3.63, 3.8) is 0 Å². The van der Waals surface area contributed by atoms with Gasteiger partial charge < -0.3 is 14.8 Å². The van der Waals surface area contributed by atoms with Crippen molar-refractivity contribution in [1.29, 1.82) is 0 Å². The van der Waals surface area contributed by atoms with Gasteiger partial charge in [0.15, 0.2) is 0 Å². The van der Waals surface area contributed by atoms with Crippen LogP contribution in [0.3, 0.4) is 0 Å². The maximum absolute atomic E-state index is 11.1. The van der Waals surface area contributed by atoms with Crippen molar-refractivity contribution in [3.05, 3.63) is 81.2 Å². The average Bonchev–Trinajstić information content (AvgIpc) is 2.94. The Kier molecular flexibility index (Phi) is 4.95. The molecule has 0 spiro atoms. The second-order valence-electron chi connectivity index (χ2n) is 6.20. The molecule has 0 aliphatic carbocycles. The molecule has 0 bridgehead atoms. The smallest absolute Gasteiger partial charge is 0.339 e. The molecule has 2 aromatic carbocycles. The Hall–Kier alpha value is -3.94. The summed E-state index contributed by atoms with van der Waals surface area (Å²) in [4.78, 5) is 26.0. The molecular weight excluding hydrogens is 362 g/mol. The lowest BCUT2D eigenvalue weighted by molar-refractivity contribution is -0.384. The fourth-order valence-corrected chi connectivity index (χ4v) is 2.98.